The van der Waals surface area contributed by atoms with Gasteiger partial charge in [0.25, 0.3) is 0 Å². The van der Waals surface area contributed by atoms with Crippen molar-refractivity contribution in [3.63, 3.8) is 0 Å². The van der Waals surface area contributed by atoms with Crippen LogP contribution < -0.4 is 4.74 Å². The van der Waals surface area contributed by atoms with Crippen LogP contribution in [0.2, 0.25) is 5.02 Å². The fraction of sp³-hybridized carbons (Fsp3) is 0.111. The molecule has 3 aromatic rings. The van der Waals surface area contributed by atoms with E-state index in [2.05, 4.69) is 11.2 Å². The highest BCUT2D eigenvalue weighted by Crippen LogP contribution is 2.28. The van der Waals surface area contributed by atoms with Crippen LogP contribution in [-0.4, -0.2) is 16.9 Å². The summed E-state index contributed by atoms with van der Waals surface area (Å²) in [5, 5.41) is 14.3. The minimum absolute atomic E-state index is 0.357. The van der Waals surface area contributed by atoms with Crippen LogP contribution in [0.1, 0.15) is 11.3 Å². The van der Waals surface area contributed by atoms with E-state index in [0.29, 0.717) is 10.7 Å². The molecule has 1 heterocycles. The molecule has 2 aromatic carbocycles. The van der Waals surface area contributed by atoms with Crippen LogP contribution >= 0.6 is 11.6 Å². The van der Waals surface area contributed by atoms with E-state index in [1.165, 1.54) is 0 Å². The summed E-state index contributed by atoms with van der Waals surface area (Å²) in [6.45, 7) is 1.95. The van der Waals surface area contributed by atoms with Crippen LogP contribution in [0.4, 0.5) is 0 Å². The average molecular weight is 324 g/mol. The first kappa shape index (κ1) is 15.1. The van der Waals surface area contributed by atoms with Crippen molar-refractivity contribution in [2.45, 2.75) is 6.92 Å². The molecule has 0 spiro atoms. The van der Waals surface area contributed by atoms with E-state index in [1.807, 2.05) is 49.4 Å². The first-order chi connectivity index (χ1) is 11.1. The average Bonchev–Trinajstić information content (AvgIpc) is 3.02. The van der Waals surface area contributed by atoms with E-state index in [1.54, 1.807) is 17.9 Å². The molecule has 0 aliphatic rings. The van der Waals surface area contributed by atoms with Gasteiger partial charge in [0.15, 0.2) is 5.69 Å². The van der Waals surface area contributed by atoms with E-state index >= 15 is 0 Å². The van der Waals surface area contributed by atoms with Crippen LogP contribution in [0.5, 0.6) is 5.75 Å². The number of methoxy groups -OCH3 is 1. The van der Waals surface area contributed by atoms with Gasteiger partial charge in [0, 0.05) is 22.7 Å². The largest absolute Gasteiger partial charge is 0.497 e. The Balaban J connectivity index is 2.19. The molecule has 5 heteroatoms. The Morgan fingerprint density at radius 1 is 1.17 bits per heavy atom. The van der Waals surface area contributed by atoms with Crippen molar-refractivity contribution in [1.29, 1.82) is 5.26 Å². The number of aryl methyl sites for hydroxylation is 1. The van der Waals surface area contributed by atoms with Gasteiger partial charge in [-0.3, -0.25) is 0 Å². The molecule has 0 aliphatic heterocycles. The van der Waals surface area contributed by atoms with Crippen LogP contribution in [0, 0.1) is 18.3 Å². The van der Waals surface area contributed by atoms with Crippen molar-refractivity contribution >= 4 is 11.6 Å². The lowest BCUT2D eigenvalue weighted by molar-refractivity contribution is 0.414. The highest BCUT2D eigenvalue weighted by atomic mass is 35.5. The number of nitrogens with zero attached hydrogens (tertiary/aromatic N) is 3. The van der Waals surface area contributed by atoms with Gasteiger partial charge >= 0.3 is 0 Å². The Morgan fingerprint density at radius 3 is 2.70 bits per heavy atom. The topological polar surface area (TPSA) is 50.8 Å². The summed E-state index contributed by atoms with van der Waals surface area (Å²) in [6.07, 6.45) is 0. The van der Waals surface area contributed by atoms with Crippen LogP contribution in [0.25, 0.3) is 16.9 Å². The van der Waals surface area contributed by atoms with Gasteiger partial charge in [0.05, 0.1) is 18.5 Å². The van der Waals surface area contributed by atoms with Crippen molar-refractivity contribution in [2.24, 2.45) is 0 Å². The third-order valence-corrected chi connectivity index (χ3v) is 4.00. The molecule has 0 amide bonds. The first-order valence-electron chi connectivity index (χ1n) is 7.03. The van der Waals surface area contributed by atoms with Crippen molar-refractivity contribution in [2.75, 3.05) is 7.11 Å². The van der Waals surface area contributed by atoms with Crippen molar-refractivity contribution in [3.05, 3.63) is 64.8 Å². The normalized spacial score (nSPS) is 10.3. The van der Waals surface area contributed by atoms with Crippen LogP contribution in [0.15, 0.2) is 48.5 Å². The molecule has 23 heavy (non-hydrogen) atoms. The smallest absolute Gasteiger partial charge is 0.163 e. The summed E-state index contributed by atoms with van der Waals surface area (Å²) in [6, 6.07) is 17.2. The SMILES string of the molecule is COc1cccc(-n2nc(C#N)cc2-c2ccc(Cl)c(C)c2)c1. The second-order valence-electron chi connectivity index (χ2n) is 5.10. The summed E-state index contributed by atoms with van der Waals surface area (Å²) in [7, 11) is 1.62. The summed E-state index contributed by atoms with van der Waals surface area (Å²) < 4.78 is 7.01. The maximum absolute atomic E-state index is 9.20. The van der Waals surface area contributed by atoms with Crippen molar-refractivity contribution in [3.8, 4) is 28.8 Å². The second-order valence-corrected chi connectivity index (χ2v) is 5.51. The maximum Gasteiger partial charge on any atom is 0.163 e. The van der Waals surface area contributed by atoms with Gasteiger partial charge in [-0.15, -0.1) is 0 Å². The predicted octanol–water partition coefficient (Wildman–Crippen LogP) is 4.38. The summed E-state index contributed by atoms with van der Waals surface area (Å²) >= 11 is 6.11. The molecule has 0 saturated heterocycles. The summed E-state index contributed by atoms with van der Waals surface area (Å²) in [5.41, 5.74) is 3.93. The Hall–Kier alpha value is -2.77. The summed E-state index contributed by atoms with van der Waals surface area (Å²) in [5.74, 6) is 0.731. The monoisotopic (exact) mass is 323 g/mol. The third-order valence-electron chi connectivity index (χ3n) is 3.58. The van der Waals surface area contributed by atoms with Gasteiger partial charge in [-0.2, -0.15) is 10.4 Å². The van der Waals surface area contributed by atoms with Crippen LogP contribution in [0.3, 0.4) is 0 Å². The van der Waals surface area contributed by atoms with E-state index in [9.17, 15) is 5.26 Å². The zero-order chi connectivity index (χ0) is 16.4. The van der Waals surface area contributed by atoms with Gasteiger partial charge < -0.3 is 4.74 Å². The van der Waals surface area contributed by atoms with Gasteiger partial charge in [0.1, 0.15) is 11.8 Å². The molecule has 3 rings (SSSR count). The number of rotatable bonds is 3. The molecule has 0 saturated carbocycles. The number of ether oxygens (including phenoxy) is 1. The lowest BCUT2D eigenvalue weighted by atomic mass is 10.1. The highest BCUT2D eigenvalue weighted by molar-refractivity contribution is 6.31. The fourth-order valence-corrected chi connectivity index (χ4v) is 2.50. The Labute approximate surface area is 139 Å². The Morgan fingerprint density at radius 2 is 2.00 bits per heavy atom. The maximum atomic E-state index is 9.20. The Bertz CT molecular complexity index is 909. The molecule has 1 aromatic heterocycles. The molecule has 0 radical (unpaired) electrons. The lowest BCUT2D eigenvalue weighted by Crippen LogP contribution is -2.00. The minimum atomic E-state index is 0.357. The molecule has 0 aliphatic carbocycles. The zero-order valence-electron chi connectivity index (χ0n) is 12.7. The fourth-order valence-electron chi connectivity index (χ4n) is 2.38. The minimum Gasteiger partial charge on any atom is -0.497 e. The molecule has 4 nitrogen and oxygen atoms in total. The predicted molar refractivity (Wildman–Crippen MR) is 90.0 cm³/mol. The summed E-state index contributed by atoms with van der Waals surface area (Å²) in [4.78, 5) is 0. The molecule has 0 fully saturated rings. The number of halogens is 1. The van der Waals surface area contributed by atoms with E-state index in [-0.39, 0.29) is 0 Å². The molecule has 0 bridgehead atoms. The zero-order valence-corrected chi connectivity index (χ0v) is 13.5. The number of aromatic nitrogens is 2. The quantitative estimate of drug-likeness (QED) is 0.718. The molecule has 0 atom stereocenters. The van der Waals surface area contributed by atoms with Crippen LogP contribution in [-0.2, 0) is 0 Å². The van der Waals surface area contributed by atoms with E-state index in [0.717, 1.165) is 28.3 Å². The standard InChI is InChI=1S/C18H14ClN3O/c1-12-8-13(6-7-17(12)19)18-9-14(11-20)21-22(18)15-4-3-5-16(10-15)23-2/h3-10H,1-2H3. The van der Waals surface area contributed by atoms with Crippen molar-refractivity contribution in [1.82, 2.24) is 9.78 Å². The molecular weight excluding hydrogens is 310 g/mol. The van der Waals surface area contributed by atoms with Gasteiger partial charge in [-0.1, -0.05) is 23.7 Å². The second kappa shape index (κ2) is 6.15. The van der Waals surface area contributed by atoms with Gasteiger partial charge in [-0.25, -0.2) is 4.68 Å². The molecular formula is C18H14ClN3O. The third kappa shape index (κ3) is 2.92. The lowest BCUT2D eigenvalue weighted by Gasteiger charge is -2.10. The Kier molecular flexibility index (Phi) is 4.05. The van der Waals surface area contributed by atoms with E-state index in [4.69, 9.17) is 16.3 Å². The molecule has 0 unspecified atom stereocenters. The van der Waals surface area contributed by atoms with Gasteiger partial charge in [0.2, 0.25) is 0 Å². The molecule has 114 valence electrons. The van der Waals surface area contributed by atoms with E-state index < -0.39 is 0 Å². The number of nitriles is 1. The first-order valence-corrected chi connectivity index (χ1v) is 7.41. The number of hydrogen-bond acceptors (Lipinski definition) is 3. The molecule has 0 N–H and O–H groups in total. The number of hydrogen-bond donors (Lipinski definition) is 0. The van der Waals surface area contributed by atoms with Crippen molar-refractivity contribution < 1.29 is 4.74 Å². The number of benzene rings is 2. The highest BCUT2D eigenvalue weighted by Gasteiger charge is 2.13. The van der Waals surface area contributed by atoms with Gasteiger partial charge in [-0.05, 0) is 36.8 Å².